The largest absolute Gasteiger partial charge is 0.497 e. The minimum Gasteiger partial charge on any atom is -0.497 e. The summed E-state index contributed by atoms with van der Waals surface area (Å²) in [6, 6.07) is 12.0. The normalized spacial score (nSPS) is 16.5. The SMILES string of the molecule is COc1cccc(N2CC(C(=O)NCc3ccc(F)cc3)NC2=O)c1. The van der Waals surface area contributed by atoms with Crippen LogP contribution >= 0.6 is 0 Å². The predicted octanol–water partition coefficient (Wildman–Crippen LogP) is 2.05. The van der Waals surface area contributed by atoms with Gasteiger partial charge in [-0.25, -0.2) is 9.18 Å². The molecule has 2 aromatic rings. The maximum absolute atomic E-state index is 12.9. The van der Waals surface area contributed by atoms with Gasteiger partial charge in [0.2, 0.25) is 5.91 Å². The molecule has 25 heavy (non-hydrogen) atoms. The molecule has 3 rings (SSSR count). The Morgan fingerprint density at radius 2 is 2.08 bits per heavy atom. The molecular weight excluding hydrogens is 325 g/mol. The third kappa shape index (κ3) is 3.88. The molecule has 0 aliphatic carbocycles. The van der Waals surface area contributed by atoms with Crippen LogP contribution in [-0.2, 0) is 11.3 Å². The molecular formula is C18H18FN3O3. The van der Waals surface area contributed by atoms with Gasteiger partial charge in [-0.3, -0.25) is 9.69 Å². The minimum absolute atomic E-state index is 0.223. The molecule has 1 atom stereocenters. The van der Waals surface area contributed by atoms with Crippen LogP contribution in [0.1, 0.15) is 5.56 Å². The summed E-state index contributed by atoms with van der Waals surface area (Å²) in [4.78, 5) is 25.9. The van der Waals surface area contributed by atoms with Gasteiger partial charge in [0.15, 0.2) is 0 Å². The molecule has 1 unspecified atom stereocenters. The summed E-state index contributed by atoms with van der Waals surface area (Å²) < 4.78 is 18.0. The molecule has 1 fully saturated rings. The zero-order valence-corrected chi connectivity index (χ0v) is 13.7. The molecule has 0 radical (unpaired) electrons. The van der Waals surface area contributed by atoms with Crippen LogP contribution in [0.5, 0.6) is 5.75 Å². The van der Waals surface area contributed by atoms with Crippen molar-refractivity contribution >= 4 is 17.6 Å². The topological polar surface area (TPSA) is 70.7 Å². The summed E-state index contributed by atoms with van der Waals surface area (Å²) >= 11 is 0. The quantitative estimate of drug-likeness (QED) is 0.873. The van der Waals surface area contributed by atoms with E-state index in [1.54, 1.807) is 43.5 Å². The third-order valence-corrected chi connectivity index (χ3v) is 3.97. The van der Waals surface area contributed by atoms with Gasteiger partial charge in [-0.05, 0) is 29.8 Å². The van der Waals surface area contributed by atoms with Gasteiger partial charge in [-0.1, -0.05) is 18.2 Å². The first-order chi connectivity index (χ1) is 12.1. The number of nitrogens with one attached hydrogen (secondary N) is 2. The van der Waals surface area contributed by atoms with Crippen molar-refractivity contribution in [3.63, 3.8) is 0 Å². The van der Waals surface area contributed by atoms with Gasteiger partial charge in [-0.15, -0.1) is 0 Å². The van der Waals surface area contributed by atoms with E-state index in [0.29, 0.717) is 11.4 Å². The zero-order valence-electron chi connectivity index (χ0n) is 13.7. The second kappa shape index (κ2) is 7.21. The van der Waals surface area contributed by atoms with Gasteiger partial charge in [0.1, 0.15) is 17.6 Å². The number of rotatable bonds is 5. The van der Waals surface area contributed by atoms with Crippen molar-refractivity contribution in [3.05, 3.63) is 59.9 Å². The molecule has 3 amide bonds. The van der Waals surface area contributed by atoms with E-state index in [2.05, 4.69) is 10.6 Å². The summed E-state index contributed by atoms with van der Waals surface area (Å²) in [7, 11) is 1.55. The Morgan fingerprint density at radius 1 is 1.32 bits per heavy atom. The van der Waals surface area contributed by atoms with E-state index in [4.69, 9.17) is 4.74 Å². The van der Waals surface area contributed by atoms with Crippen LogP contribution in [0.25, 0.3) is 0 Å². The summed E-state index contributed by atoms with van der Waals surface area (Å²) in [5, 5.41) is 5.41. The van der Waals surface area contributed by atoms with E-state index in [1.165, 1.54) is 17.0 Å². The fourth-order valence-electron chi connectivity index (χ4n) is 2.60. The van der Waals surface area contributed by atoms with E-state index in [9.17, 15) is 14.0 Å². The van der Waals surface area contributed by atoms with Crippen LogP contribution in [0.3, 0.4) is 0 Å². The van der Waals surface area contributed by atoms with Crippen molar-refractivity contribution < 1.29 is 18.7 Å². The molecule has 1 aliphatic heterocycles. The summed E-state index contributed by atoms with van der Waals surface area (Å²) in [6.07, 6.45) is 0. The second-order valence-electron chi connectivity index (χ2n) is 5.66. The molecule has 2 N–H and O–H groups in total. The average Bonchev–Trinajstić information content (AvgIpc) is 3.03. The first-order valence-corrected chi connectivity index (χ1v) is 7.81. The first kappa shape index (κ1) is 16.8. The van der Waals surface area contributed by atoms with E-state index in [-0.39, 0.29) is 30.8 Å². The zero-order chi connectivity index (χ0) is 17.8. The summed E-state index contributed by atoms with van der Waals surface area (Å²) in [5.41, 5.74) is 1.44. The summed E-state index contributed by atoms with van der Waals surface area (Å²) in [5.74, 6) is 0.0182. The lowest BCUT2D eigenvalue weighted by molar-refractivity contribution is -0.122. The molecule has 0 aromatic heterocycles. The Labute approximate surface area is 144 Å². The molecule has 0 bridgehead atoms. The molecule has 6 nitrogen and oxygen atoms in total. The van der Waals surface area contributed by atoms with Gasteiger partial charge < -0.3 is 15.4 Å². The number of anilines is 1. The molecule has 1 saturated heterocycles. The van der Waals surface area contributed by atoms with Crippen molar-refractivity contribution in [1.29, 1.82) is 0 Å². The molecule has 1 aliphatic rings. The van der Waals surface area contributed by atoms with Gasteiger partial charge in [0.25, 0.3) is 0 Å². The lowest BCUT2D eigenvalue weighted by Crippen LogP contribution is -2.42. The number of carbonyl (C=O) groups is 2. The predicted molar refractivity (Wildman–Crippen MR) is 90.9 cm³/mol. The summed E-state index contributed by atoms with van der Waals surface area (Å²) in [6.45, 7) is 0.492. The van der Waals surface area contributed by atoms with Crippen LogP contribution in [0.15, 0.2) is 48.5 Å². The number of nitrogens with zero attached hydrogens (tertiary/aromatic N) is 1. The molecule has 7 heteroatoms. The molecule has 130 valence electrons. The third-order valence-electron chi connectivity index (χ3n) is 3.97. The standard InChI is InChI=1S/C18H18FN3O3/c1-25-15-4-2-3-14(9-15)22-11-16(21-18(22)24)17(23)20-10-12-5-7-13(19)8-6-12/h2-9,16H,10-11H2,1H3,(H,20,23)(H,21,24). The molecule has 0 spiro atoms. The van der Waals surface area contributed by atoms with Crippen molar-refractivity contribution in [1.82, 2.24) is 10.6 Å². The van der Waals surface area contributed by atoms with Gasteiger partial charge in [-0.2, -0.15) is 0 Å². The Kier molecular flexibility index (Phi) is 4.83. The molecule has 2 aromatic carbocycles. The number of halogens is 1. The van der Waals surface area contributed by atoms with Crippen LogP contribution in [-0.4, -0.2) is 31.6 Å². The number of hydrogen-bond donors (Lipinski definition) is 2. The number of benzene rings is 2. The second-order valence-corrected chi connectivity index (χ2v) is 5.66. The monoisotopic (exact) mass is 343 g/mol. The number of methoxy groups -OCH3 is 1. The van der Waals surface area contributed by atoms with Crippen molar-refractivity contribution in [2.75, 3.05) is 18.6 Å². The Morgan fingerprint density at radius 3 is 2.80 bits per heavy atom. The van der Waals surface area contributed by atoms with Crippen LogP contribution in [0.4, 0.5) is 14.9 Å². The highest BCUT2D eigenvalue weighted by molar-refractivity contribution is 6.00. The van der Waals surface area contributed by atoms with Crippen molar-refractivity contribution in [3.8, 4) is 5.75 Å². The lowest BCUT2D eigenvalue weighted by Gasteiger charge is -2.15. The number of amides is 3. The molecule has 0 saturated carbocycles. The van der Waals surface area contributed by atoms with Crippen molar-refractivity contribution in [2.24, 2.45) is 0 Å². The van der Waals surface area contributed by atoms with E-state index >= 15 is 0 Å². The number of ether oxygens (including phenoxy) is 1. The van der Waals surface area contributed by atoms with E-state index in [0.717, 1.165) is 5.56 Å². The highest BCUT2D eigenvalue weighted by Crippen LogP contribution is 2.23. The van der Waals surface area contributed by atoms with Crippen molar-refractivity contribution in [2.45, 2.75) is 12.6 Å². The van der Waals surface area contributed by atoms with Gasteiger partial charge in [0.05, 0.1) is 13.7 Å². The number of carbonyl (C=O) groups excluding carboxylic acids is 2. The fourth-order valence-corrected chi connectivity index (χ4v) is 2.60. The van der Waals surface area contributed by atoms with E-state index < -0.39 is 6.04 Å². The first-order valence-electron chi connectivity index (χ1n) is 7.81. The maximum Gasteiger partial charge on any atom is 0.322 e. The van der Waals surface area contributed by atoms with Crippen LogP contribution in [0, 0.1) is 5.82 Å². The smallest absolute Gasteiger partial charge is 0.322 e. The molecule has 1 heterocycles. The minimum atomic E-state index is -0.654. The van der Waals surface area contributed by atoms with Crippen LogP contribution in [0.2, 0.25) is 0 Å². The Bertz CT molecular complexity index is 779. The Balaban J connectivity index is 1.61. The average molecular weight is 343 g/mol. The van der Waals surface area contributed by atoms with Gasteiger partial charge >= 0.3 is 6.03 Å². The number of hydrogen-bond acceptors (Lipinski definition) is 3. The van der Waals surface area contributed by atoms with Gasteiger partial charge in [0, 0.05) is 18.3 Å². The fraction of sp³-hybridized carbons (Fsp3) is 0.222. The highest BCUT2D eigenvalue weighted by Gasteiger charge is 2.34. The van der Waals surface area contributed by atoms with Crippen LogP contribution < -0.4 is 20.3 Å². The lowest BCUT2D eigenvalue weighted by atomic mass is 10.2. The maximum atomic E-state index is 12.9. The highest BCUT2D eigenvalue weighted by atomic mass is 19.1. The van der Waals surface area contributed by atoms with E-state index in [1.807, 2.05) is 0 Å². The number of urea groups is 1. The Hall–Kier alpha value is -3.09.